The summed E-state index contributed by atoms with van der Waals surface area (Å²) in [5.74, 6) is -3.06. The van der Waals surface area contributed by atoms with Crippen LogP contribution < -0.4 is 16.0 Å². The van der Waals surface area contributed by atoms with Gasteiger partial charge in [-0.05, 0) is 72.8 Å². The second kappa shape index (κ2) is 12.9. The third-order valence-electron chi connectivity index (χ3n) is 5.50. The third kappa shape index (κ3) is 7.76. The van der Waals surface area contributed by atoms with E-state index < -0.39 is 12.1 Å². The normalized spacial score (nSPS) is 10.5. The van der Waals surface area contributed by atoms with Crippen LogP contribution in [0.25, 0.3) is 10.9 Å². The van der Waals surface area contributed by atoms with Crippen LogP contribution in [0, 0.1) is 11.3 Å². The number of carbonyl (C=O) groups is 2. The Hall–Kier alpha value is -6.03. The predicted octanol–water partition coefficient (Wildman–Crippen LogP) is 6.27. The zero-order valence-corrected chi connectivity index (χ0v) is 21.4. The Bertz CT molecular complexity index is 1740. The molecule has 5 aromatic rings. The number of nitriles is 1. The van der Waals surface area contributed by atoms with Gasteiger partial charge in [-0.3, -0.25) is 14.8 Å². The van der Waals surface area contributed by atoms with Crippen LogP contribution in [0.15, 0.2) is 97.6 Å². The van der Waals surface area contributed by atoms with Crippen molar-refractivity contribution in [1.82, 2.24) is 15.0 Å². The molecule has 0 saturated carbocycles. The molecule has 0 aliphatic rings. The van der Waals surface area contributed by atoms with Gasteiger partial charge in [-0.1, -0.05) is 0 Å². The van der Waals surface area contributed by atoms with Crippen molar-refractivity contribution in [2.75, 3.05) is 16.0 Å². The Balaban J connectivity index is 0.000000517. The van der Waals surface area contributed by atoms with Crippen LogP contribution in [-0.4, -0.2) is 38.1 Å². The largest absolute Gasteiger partial charge is 0.490 e. The van der Waals surface area contributed by atoms with Crippen LogP contribution >= 0.6 is 0 Å². The second-order valence-corrected chi connectivity index (χ2v) is 8.45. The van der Waals surface area contributed by atoms with Crippen molar-refractivity contribution in [3.63, 3.8) is 0 Å². The SMILES string of the molecule is N#Cc1ccc2nccc(Nc3ccc(C(=O)Nc4ccc(Nc5ccncc5)cc4)nc3)c2c1.O=C(O)C(F)(F)F. The van der Waals surface area contributed by atoms with E-state index in [1.54, 1.807) is 49.1 Å². The average molecular weight is 572 g/mol. The number of carboxylic acid groups (broad SMARTS) is 1. The van der Waals surface area contributed by atoms with Crippen molar-refractivity contribution in [1.29, 1.82) is 5.26 Å². The van der Waals surface area contributed by atoms with Crippen molar-refractivity contribution in [2.24, 2.45) is 0 Å². The van der Waals surface area contributed by atoms with E-state index in [1.807, 2.05) is 48.5 Å². The molecule has 0 aliphatic heterocycles. The lowest BCUT2D eigenvalue weighted by atomic mass is 10.1. The third-order valence-corrected chi connectivity index (χ3v) is 5.50. The van der Waals surface area contributed by atoms with Gasteiger partial charge in [-0.25, -0.2) is 9.78 Å². The number of carbonyl (C=O) groups excluding carboxylic acids is 1. The van der Waals surface area contributed by atoms with Gasteiger partial charge in [-0.2, -0.15) is 18.4 Å². The Morgan fingerprint density at radius 1 is 0.786 bits per heavy atom. The van der Waals surface area contributed by atoms with E-state index in [2.05, 4.69) is 37.0 Å². The maximum Gasteiger partial charge on any atom is 0.490 e. The molecule has 0 spiro atoms. The number of aromatic nitrogens is 3. The monoisotopic (exact) mass is 571 g/mol. The van der Waals surface area contributed by atoms with Crippen molar-refractivity contribution in [3.8, 4) is 6.07 Å². The fourth-order valence-corrected chi connectivity index (χ4v) is 3.52. The highest BCUT2D eigenvalue weighted by Crippen LogP contribution is 2.26. The van der Waals surface area contributed by atoms with Crippen LogP contribution in [0.4, 0.5) is 41.6 Å². The number of aliphatic carboxylic acids is 1. The molecule has 3 heterocycles. The number of halogens is 3. The van der Waals surface area contributed by atoms with Gasteiger partial charge in [-0.15, -0.1) is 0 Å². The van der Waals surface area contributed by atoms with Gasteiger partial charge < -0.3 is 21.1 Å². The Morgan fingerprint density at radius 3 is 2.05 bits per heavy atom. The molecule has 10 nitrogen and oxygen atoms in total. The first-order valence-electron chi connectivity index (χ1n) is 12.0. The maximum absolute atomic E-state index is 12.6. The number of alkyl halides is 3. The molecule has 42 heavy (non-hydrogen) atoms. The van der Waals surface area contributed by atoms with E-state index in [9.17, 15) is 23.2 Å². The van der Waals surface area contributed by atoms with E-state index in [4.69, 9.17) is 9.90 Å². The minimum Gasteiger partial charge on any atom is -0.475 e. The molecule has 0 unspecified atom stereocenters. The maximum atomic E-state index is 12.6. The van der Waals surface area contributed by atoms with Crippen LogP contribution in [0.2, 0.25) is 0 Å². The molecule has 2 aromatic carbocycles. The molecule has 1 amide bonds. The summed E-state index contributed by atoms with van der Waals surface area (Å²) in [5, 5.41) is 26.6. The summed E-state index contributed by atoms with van der Waals surface area (Å²) in [7, 11) is 0. The number of nitrogens with one attached hydrogen (secondary N) is 3. The number of hydrogen-bond acceptors (Lipinski definition) is 8. The summed E-state index contributed by atoms with van der Waals surface area (Å²) in [5.41, 5.74) is 5.62. The smallest absolute Gasteiger partial charge is 0.475 e. The molecule has 13 heteroatoms. The first-order chi connectivity index (χ1) is 20.1. The minimum atomic E-state index is -5.08. The Labute approximate surface area is 236 Å². The zero-order valence-electron chi connectivity index (χ0n) is 21.4. The molecule has 5 rings (SSSR count). The number of carboxylic acids is 1. The summed E-state index contributed by atoms with van der Waals surface area (Å²) < 4.78 is 31.7. The van der Waals surface area contributed by atoms with Crippen LogP contribution in [0.5, 0.6) is 0 Å². The molecule has 0 fully saturated rings. The molecule has 3 aromatic heterocycles. The highest BCUT2D eigenvalue weighted by molar-refractivity contribution is 6.03. The minimum absolute atomic E-state index is 0.292. The highest BCUT2D eigenvalue weighted by Gasteiger charge is 2.38. The van der Waals surface area contributed by atoms with Crippen molar-refractivity contribution >= 4 is 51.2 Å². The van der Waals surface area contributed by atoms with Crippen molar-refractivity contribution in [3.05, 3.63) is 109 Å². The van der Waals surface area contributed by atoms with E-state index in [-0.39, 0.29) is 5.91 Å². The number of rotatable bonds is 6. The van der Waals surface area contributed by atoms with E-state index in [0.717, 1.165) is 28.0 Å². The molecular weight excluding hydrogens is 551 g/mol. The molecule has 0 radical (unpaired) electrons. The Morgan fingerprint density at radius 2 is 1.43 bits per heavy atom. The predicted molar refractivity (Wildman–Crippen MR) is 150 cm³/mol. The molecule has 0 atom stereocenters. The zero-order chi connectivity index (χ0) is 30.1. The van der Waals surface area contributed by atoms with Gasteiger partial charge in [0.05, 0.1) is 29.0 Å². The number of nitrogens with zero attached hydrogens (tertiary/aromatic N) is 4. The molecular formula is C29H20F3N7O3. The fraction of sp³-hybridized carbons (Fsp3) is 0.0345. The summed E-state index contributed by atoms with van der Waals surface area (Å²) in [6.07, 6.45) is 1.64. The molecule has 0 bridgehead atoms. The van der Waals surface area contributed by atoms with Gasteiger partial charge in [0.2, 0.25) is 0 Å². The summed E-state index contributed by atoms with van der Waals surface area (Å²) in [6, 6.07) is 23.9. The first kappa shape index (κ1) is 29.0. The lowest BCUT2D eigenvalue weighted by Crippen LogP contribution is -2.21. The van der Waals surface area contributed by atoms with E-state index >= 15 is 0 Å². The van der Waals surface area contributed by atoms with Gasteiger partial charge in [0.25, 0.3) is 5.91 Å². The first-order valence-corrected chi connectivity index (χ1v) is 12.0. The second-order valence-electron chi connectivity index (χ2n) is 8.45. The quantitative estimate of drug-likeness (QED) is 0.185. The molecule has 210 valence electrons. The highest BCUT2D eigenvalue weighted by atomic mass is 19.4. The van der Waals surface area contributed by atoms with Gasteiger partial charge >= 0.3 is 12.1 Å². The topological polar surface area (TPSA) is 153 Å². The standard InChI is InChI=1S/C27H19N7O.C2HF3O2/c28-16-18-1-7-24-23(15-18)25(11-14-30-24)33-22-6-8-26(31-17-22)27(35)34-20-4-2-19(3-5-20)32-21-9-12-29-13-10-21;3-2(4,5)1(6)7/h1-15,17H,(H,29,32)(H,30,33)(H,34,35);(H,6,7). The van der Waals surface area contributed by atoms with Crippen LogP contribution in [-0.2, 0) is 4.79 Å². The number of benzene rings is 2. The summed E-state index contributed by atoms with van der Waals surface area (Å²) in [4.78, 5) is 34.2. The van der Waals surface area contributed by atoms with Gasteiger partial charge in [0.15, 0.2) is 0 Å². The molecule has 0 saturated heterocycles. The van der Waals surface area contributed by atoms with Gasteiger partial charge in [0, 0.05) is 46.7 Å². The number of hydrogen-bond donors (Lipinski definition) is 4. The lowest BCUT2D eigenvalue weighted by Gasteiger charge is -2.11. The van der Waals surface area contributed by atoms with Crippen LogP contribution in [0.1, 0.15) is 16.1 Å². The van der Waals surface area contributed by atoms with Crippen LogP contribution in [0.3, 0.4) is 0 Å². The van der Waals surface area contributed by atoms with E-state index in [1.165, 1.54) is 0 Å². The van der Waals surface area contributed by atoms with Crippen molar-refractivity contribution in [2.45, 2.75) is 6.18 Å². The number of amides is 1. The summed E-state index contributed by atoms with van der Waals surface area (Å²) in [6.45, 7) is 0. The number of fused-ring (bicyclic) bond motifs is 1. The number of pyridine rings is 3. The molecule has 0 aliphatic carbocycles. The fourth-order valence-electron chi connectivity index (χ4n) is 3.52. The lowest BCUT2D eigenvalue weighted by molar-refractivity contribution is -0.192. The summed E-state index contributed by atoms with van der Waals surface area (Å²) >= 11 is 0. The molecule has 4 N–H and O–H groups in total. The number of anilines is 5. The van der Waals surface area contributed by atoms with Gasteiger partial charge in [0.1, 0.15) is 5.69 Å². The van der Waals surface area contributed by atoms with E-state index in [0.29, 0.717) is 22.6 Å². The Kier molecular flexibility index (Phi) is 8.88. The average Bonchev–Trinajstić information content (AvgIpc) is 2.99. The van der Waals surface area contributed by atoms with Crippen molar-refractivity contribution < 1.29 is 27.9 Å².